The van der Waals surface area contributed by atoms with Gasteiger partial charge >= 0.3 is 0 Å². The van der Waals surface area contributed by atoms with Gasteiger partial charge in [0.2, 0.25) is 0 Å². The van der Waals surface area contributed by atoms with Gasteiger partial charge in [0.15, 0.2) is 0 Å². The molecule has 2 aromatic rings. The van der Waals surface area contributed by atoms with Crippen LogP contribution in [-0.2, 0) is 10.0 Å². The smallest absolute Gasteiger partial charge is 0.264 e. The van der Waals surface area contributed by atoms with E-state index in [1.165, 1.54) is 23.5 Å². The molecule has 2 aromatic carbocycles. The molecule has 0 N–H and O–H groups in total. The van der Waals surface area contributed by atoms with Crippen LogP contribution in [0.5, 0.6) is 11.5 Å². The predicted molar refractivity (Wildman–Crippen MR) is 95.8 cm³/mol. The predicted octanol–water partition coefficient (Wildman–Crippen LogP) is 3.96. The maximum atomic E-state index is 13.0. The number of nitrogens with zero attached hydrogens (tertiary/aromatic N) is 1. The summed E-state index contributed by atoms with van der Waals surface area (Å²) in [4.78, 5) is 0.176. The SMILES string of the molecule is CCOc1ccc(S(=O)(=O)N(CC)c2cc(Cl)ccc2OC)cc1. The maximum absolute atomic E-state index is 13.0. The number of anilines is 1. The van der Waals surface area contributed by atoms with Gasteiger partial charge in [0.1, 0.15) is 11.5 Å². The van der Waals surface area contributed by atoms with Gasteiger partial charge in [0, 0.05) is 11.6 Å². The topological polar surface area (TPSA) is 55.8 Å². The molecule has 24 heavy (non-hydrogen) atoms. The molecule has 0 aromatic heterocycles. The number of rotatable bonds is 7. The van der Waals surface area contributed by atoms with E-state index in [0.717, 1.165) is 0 Å². The minimum absolute atomic E-state index is 0.176. The summed E-state index contributed by atoms with van der Waals surface area (Å²) in [6.07, 6.45) is 0. The molecule has 0 aliphatic rings. The lowest BCUT2D eigenvalue weighted by molar-refractivity contribution is 0.340. The Kier molecular flexibility index (Phi) is 5.96. The minimum Gasteiger partial charge on any atom is -0.495 e. The summed E-state index contributed by atoms with van der Waals surface area (Å²) in [6.45, 7) is 4.39. The van der Waals surface area contributed by atoms with Crippen LogP contribution in [0.4, 0.5) is 5.69 Å². The van der Waals surface area contributed by atoms with Crippen molar-refractivity contribution in [3.63, 3.8) is 0 Å². The van der Waals surface area contributed by atoms with E-state index in [1.807, 2.05) is 6.92 Å². The summed E-state index contributed by atoms with van der Waals surface area (Å²) >= 11 is 6.03. The molecule has 0 aliphatic carbocycles. The Hall–Kier alpha value is -1.92. The van der Waals surface area contributed by atoms with Crippen molar-refractivity contribution >= 4 is 27.3 Å². The van der Waals surface area contributed by atoms with E-state index >= 15 is 0 Å². The molecule has 0 heterocycles. The first-order valence-corrected chi connectivity index (χ1v) is 9.35. The van der Waals surface area contributed by atoms with Crippen molar-refractivity contribution < 1.29 is 17.9 Å². The number of hydrogen-bond donors (Lipinski definition) is 0. The molecular weight excluding hydrogens is 350 g/mol. The molecule has 0 fully saturated rings. The van der Waals surface area contributed by atoms with Crippen molar-refractivity contribution in [3.05, 3.63) is 47.5 Å². The zero-order valence-electron chi connectivity index (χ0n) is 13.8. The van der Waals surface area contributed by atoms with E-state index in [4.69, 9.17) is 21.1 Å². The molecule has 2 rings (SSSR count). The molecule has 0 unspecified atom stereocenters. The molecule has 0 aliphatic heterocycles. The Bertz CT molecular complexity index is 791. The minimum atomic E-state index is -3.75. The number of benzene rings is 2. The monoisotopic (exact) mass is 369 g/mol. The van der Waals surface area contributed by atoms with Gasteiger partial charge in [-0.25, -0.2) is 8.42 Å². The molecule has 0 saturated carbocycles. The van der Waals surface area contributed by atoms with Crippen LogP contribution < -0.4 is 13.8 Å². The van der Waals surface area contributed by atoms with Crippen LogP contribution in [0.25, 0.3) is 0 Å². The third kappa shape index (κ3) is 3.76. The molecule has 0 spiro atoms. The zero-order chi connectivity index (χ0) is 17.7. The molecule has 130 valence electrons. The number of halogens is 1. The van der Waals surface area contributed by atoms with E-state index in [0.29, 0.717) is 28.8 Å². The van der Waals surface area contributed by atoms with E-state index < -0.39 is 10.0 Å². The highest BCUT2D eigenvalue weighted by Gasteiger charge is 2.26. The Morgan fingerprint density at radius 2 is 1.75 bits per heavy atom. The van der Waals surface area contributed by atoms with E-state index in [9.17, 15) is 8.42 Å². The van der Waals surface area contributed by atoms with Crippen LogP contribution in [-0.4, -0.2) is 28.7 Å². The lowest BCUT2D eigenvalue weighted by Gasteiger charge is -2.25. The van der Waals surface area contributed by atoms with Crippen molar-refractivity contribution in [1.82, 2.24) is 0 Å². The van der Waals surface area contributed by atoms with Crippen molar-refractivity contribution in [2.75, 3.05) is 24.6 Å². The van der Waals surface area contributed by atoms with Crippen LogP contribution in [0.15, 0.2) is 47.4 Å². The lowest BCUT2D eigenvalue weighted by atomic mass is 10.3. The fourth-order valence-corrected chi connectivity index (χ4v) is 3.97. The van der Waals surface area contributed by atoms with Crippen LogP contribution in [0.1, 0.15) is 13.8 Å². The third-order valence-corrected chi connectivity index (χ3v) is 5.56. The van der Waals surface area contributed by atoms with Gasteiger partial charge in [-0.05, 0) is 56.3 Å². The van der Waals surface area contributed by atoms with Crippen LogP contribution in [0.3, 0.4) is 0 Å². The first-order chi connectivity index (χ1) is 11.4. The van der Waals surface area contributed by atoms with Gasteiger partial charge in [0.05, 0.1) is 24.3 Å². The second-order valence-electron chi connectivity index (χ2n) is 4.89. The number of sulfonamides is 1. The zero-order valence-corrected chi connectivity index (χ0v) is 15.4. The number of methoxy groups -OCH3 is 1. The highest BCUT2D eigenvalue weighted by atomic mass is 35.5. The summed E-state index contributed by atoms with van der Waals surface area (Å²) in [5.41, 5.74) is 0.404. The van der Waals surface area contributed by atoms with Gasteiger partial charge in [-0.2, -0.15) is 0 Å². The second kappa shape index (κ2) is 7.77. The quantitative estimate of drug-likeness (QED) is 0.741. The number of ether oxygens (including phenoxy) is 2. The second-order valence-corrected chi connectivity index (χ2v) is 7.19. The number of hydrogen-bond acceptors (Lipinski definition) is 4. The average Bonchev–Trinajstić information content (AvgIpc) is 2.56. The normalized spacial score (nSPS) is 11.2. The van der Waals surface area contributed by atoms with E-state index in [1.54, 1.807) is 37.3 Å². The standard InChI is InChI=1S/C17H20ClNO4S/c1-4-19(16-12-13(18)6-11-17(16)22-3)24(20,21)15-9-7-14(8-10-15)23-5-2/h6-12H,4-5H2,1-3H3. The van der Waals surface area contributed by atoms with Crippen molar-refractivity contribution in [2.24, 2.45) is 0 Å². The first kappa shape index (κ1) is 18.4. The van der Waals surface area contributed by atoms with Gasteiger partial charge in [-0.3, -0.25) is 4.31 Å². The summed E-state index contributed by atoms with van der Waals surface area (Å²) in [7, 11) is -2.26. The largest absolute Gasteiger partial charge is 0.495 e. The molecule has 0 atom stereocenters. The first-order valence-electron chi connectivity index (χ1n) is 7.53. The van der Waals surface area contributed by atoms with Crippen LogP contribution in [0, 0.1) is 0 Å². The summed E-state index contributed by atoms with van der Waals surface area (Å²) in [5.74, 6) is 1.07. The maximum Gasteiger partial charge on any atom is 0.264 e. The van der Waals surface area contributed by atoms with Crippen molar-refractivity contribution in [3.8, 4) is 11.5 Å². The summed E-state index contributed by atoms with van der Waals surface area (Å²) in [5, 5.41) is 0.436. The van der Waals surface area contributed by atoms with Gasteiger partial charge in [-0.1, -0.05) is 11.6 Å². The van der Waals surface area contributed by atoms with Gasteiger partial charge in [-0.15, -0.1) is 0 Å². The molecule has 0 radical (unpaired) electrons. The Morgan fingerprint density at radius 3 is 2.29 bits per heavy atom. The third-order valence-electron chi connectivity index (χ3n) is 3.42. The molecule has 0 amide bonds. The fourth-order valence-electron chi connectivity index (χ4n) is 2.33. The average molecular weight is 370 g/mol. The molecule has 0 saturated heterocycles. The van der Waals surface area contributed by atoms with Crippen molar-refractivity contribution in [1.29, 1.82) is 0 Å². The van der Waals surface area contributed by atoms with E-state index in [2.05, 4.69) is 0 Å². The molecule has 0 bridgehead atoms. The Labute approximate surface area is 147 Å². The lowest BCUT2D eigenvalue weighted by Crippen LogP contribution is -2.31. The van der Waals surface area contributed by atoms with Gasteiger partial charge < -0.3 is 9.47 Å². The summed E-state index contributed by atoms with van der Waals surface area (Å²) < 4.78 is 37.9. The van der Waals surface area contributed by atoms with Gasteiger partial charge in [0.25, 0.3) is 10.0 Å². The highest BCUT2D eigenvalue weighted by Crippen LogP contribution is 2.34. The molecular formula is C17H20ClNO4S. The van der Waals surface area contributed by atoms with E-state index in [-0.39, 0.29) is 11.4 Å². The van der Waals surface area contributed by atoms with Crippen LogP contribution >= 0.6 is 11.6 Å². The Balaban J connectivity index is 2.47. The molecule has 7 heteroatoms. The highest BCUT2D eigenvalue weighted by molar-refractivity contribution is 7.92. The molecule has 5 nitrogen and oxygen atoms in total. The fraction of sp³-hybridized carbons (Fsp3) is 0.294. The Morgan fingerprint density at radius 1 is 1.08 bits per heavy atom. The van der Waals surface area contributed by atoms with Crippen LogP contribution in [0.2, 0.25) is 5.02 Å². The van der Waals surface area contributed by atoms with Crippen molar-refractivity contribution in [2.45, 2.75) is 18.7 Å². The summed E-state index contributed by atoms with van der Waals surface area (Å²) in [6, 6.07) is 11.2.